The number of hydrogen-bond acceptors (Lipinski definition) is 10. The van der Waals surface area contributed by atoms with Crippen LogP contribution in [0, 0.1) is 31.1 Å². The van der Waals surface area contributed by atoms with Crippen molar-refractivity contribution in [2.45, 2.75) is 52.3 Å². The molecule has 0 unspecified atom stereocenters. The number of nitrogens with one attached hydrogen (secondary N) is 1. The number of aliphatic hydroxyl groups is 1. The maximum atomic E-state index is 11.5. The van der Waals surface area contributed by atoms with E-state index in [4.69, 9.17) is 14.4 Å². The molecule has 5 heterocycles. The highest BCUT2D eigenvalue weighted by atomic mass is 16.4. The molecule has 3 aromatic carbocycles. The zero-order valence-electron chi connectivity index (χ0n) is 30.1. The summed E-state index contributed by atoms with van der Waals surface area (Å²) in [6.07, 6.45) is 5.09. The van der Waals surface area contributed by atoms with E-state index in [0.29, 0.717) is 61.0 Å². The number of benzene rings is 3. The first-order valence-electron chi connectivity index (χ1n) is 18.0. The molecule has 8 rings (SSSR count). The minimum atomic E-state index is -0.767. The lowest BCUT2D eigenvalue weighted by Gasteiger charge is -2.19. The number of anilines is 2. The van der Waals surface area contributed by atoms with Crippen LogP contribution in [0.2, 0.25) is 0 Å². The molecular weight excluding hydrogens is 667 g/mol. The van der Waals surface area contributed by atoms with Crippen LogP contribution < -0.4 is 5.32 Å². The summed E-state index contributed by atoms with van der Waals surface area (Å²) in [6.45, 7) is 10.0. The molecule has 0 saturated carbocycles. The number of β-amino-alcohol motifs (C(OH)–C–C–N with tert-alkyl or cyclic N) is 1. The molecule has 0 radical (unpaired) electrons. The van der Waals surface area contributed by atoms with Gasteiger partial charge < -0.3 is 19.9 Å². The molecule has 2 aliphatic rings. The van der Waals surface area contributed by atoms with E-state index in [1.165, 1.54) is 0 Å². The lowest BCUT2D eigenvalue weighted by Crippen LogP contribution is -2.29. The van der Waals surface area contributed by atoms with Crippen LogP contribution in [0.15, 0.2) is 77.5 Å². The van der Waals surface area contributed by atoms with Gasteiger partial charge in [-0.05, 0) is 110 Å². The zero-order valence-corrected chi connectivity index (χ0v) is 30.1. The van der Waals surface area contributed by atoms with Crippen molar-refractivity contribution in [3.05, 3.63) is 101 Å². The molecule has 6 aromatic rings. The minimum Gasteiger partial charge on any atom is -0.481 e. The maximum absolute atomic E-state index is 11.5. The van der Waals surface area contributed by atoms with Gasteiger partial charge in [-0.25, -0.2) is 9.97 Å². The van der Waals surface area contributed by atoms with Gasteiger partial charge in [0, 0.05) is 61.8 Å². The fourth-order valence-corrected chi connectivity index (χ4v) is 7.88. The largest absolute Gasteiger partial charge is 0.481 e. The second-order valence-electron chi connectivity index (χ2n) is 14.8. The molecule has 2 saturated heterocycles. The standard InChI is InChI=1S/C42H41N7O4/c1-25-32(6-4-8-34(25)40-47-36-18-27(16-31(19-43)38(36)53-40)21-48-14-11-30(23-48)41(50)51)33-7-5-9-35(26(33)2)46-39-37-29(10-13-44-39)17-28(20-45-37)22-49-15-12-42(3,52)24-49/h4-10,13,16-18,20,30,52H,11-12,14-15,21-24H2,1-3H3,(H,44,46)(H,50,51)/t30-,42+/m1/s1. The third-order valence-electron chi connectivity index (χ3n) is 10.7. The zero-order chi connectivity index (χ0) is 36.9. The molecular formula is C42H41N7O4. The number of carboxylic acids is 1. The first kappa shape index (κ1) is 34.4. The van der Waals surface area contributed by atoms with Gasteiger partial charge in [0.05, 0.1) is 17.1 Å². The van der Waals surface area contributed by atoms with Crippen molar-refractivity contribution in [1.29, 1.82) is 5.26 Å². The van der Waals surface area contributed by atoms with Gasteiger partial charge in [0.15, 0.2) is 11.4 Å². The molecule has 11 nitrogen and oxygen atoms in total. The highest BCUT2D eigenvalue weighted by Crippen LogP contribution is 2.38. The van der Waals surface area contributed by atoms with E-state index in [-0.39, 0.29) is 5.92 Å². The first-order valence-corrected chi connectivity index (χ1v) is 18.0. The van der Waals surface area contributed by atoms with Crippen LogP contribution in [0.25, 0.3) is 44.6 Å². The number of aromatic nitrogens is 3. The Kier molecular flexibility index (Phi) is 8.90. The van der Waals surface area contributed by atoms with Crippen molar-refractivity contribution >= 4 is 39.5 Å². The average molecular weight is 708 g/mol. The van der Waals surface area contributed by atoms with E-state index < -0.39 is 11.6 Å². The third-order valence-corrected chi connectivity index (χ3v) is 10.7. The molecule has 3 N–H and O–H groups in total. The topological polar surface area (TPSA) is 152 Å². The second-order valence-corrected chi connectivity index (χ2v) is 14.8. The quantitative estimate of drug-likeness (QED) is 0.140. The van der Waals surface area contributed by atoms with Crippen LogP contribution >= 0.6 is 0 Å². The maximum Gasteiger partial charge on any atom is 0.307 e. The number of rotatable bonds is 9. The normalized spacial score (nSPS) is 19.3. The Balaban J connectivity index is 1.06. The van der Waals surface area contributed by atoms with E-state index in [1.54, 1.807) is 6.20 Å². The highest BCUT2D eigenvalue weighted by Gasteiger charge is 2.31. The molecule has 268 valence electrons. The number of nitriles is 1. The van der Waals surface area contributed by atoms with Crippen LogP contribution in [0.4, 0.5) is 11.5 Å². The van der Waals surface area contributed by atoms with Crippen molar-refractivity contribution in [1.82, 2.24) is 24.8 Å². The van der Waals surface area contributed by atoms with Gasteiger partial charge in [-0.2, -0.15) is 5.26 Å². The summed E-state index contributed by atoms with van der Waals surface area (Å²) in [6, 6.07) is 22.4. The van der Waals surface area contributed by atoms with Gasteiger partial charge in [0.2, 0.25) is 5.89 Å². The van der Waals surface area contributed by atoms with Crippen LogP contribution in [-0.4, -0.2) is 72.7 Å². The minimum absolute atomic E-state index is 0.366. The highest BCUT2D eigenvalue weighted by molar-refractivity contribution is 5.91. The fourth-order valence-electron chi connectivity index (χ4n) is 7.88. The van der Waals surface area contributed by atoms with E-state index in [2.05, 4.69) is 58.2 Å². The summed E-state index contributed by atoms with van der Waals surface area (Å²) in [4.78, 5) is 30.2. The van der Waals surface area contributed by atoms with Gasteiger partial charge in [0.25, 0.3) is 0 Å². The van der Waals surface area contributed by atoms with Crippen molar-refractivity contribution in [3.63, 3.8) is 0 Å². The lowest BCUT2D eigenvalue weighted by atomic mass is 9.93. The van der Waals surface area contributed by atoms with Crippen molar-refractivity contribution < 1.29 is 19.4 Å². The van der Waals surface area contributed by atoms with Gasteiger partial charge in [-0.15, -0.1) is 0 Å². The Morgan fingerprint density at radius 1 is 1.00 bits per heavy atom. The summed E-state index contributed by atoms with van der Waals surface area (Å²) in [5.74, 6) is -0.0198. The number of pyridine rings is 2. The summed E-state index contributed by atoms with van der Waals surface area (Å²) < 4.78 is 6.28. The van der Waals surface area contributed by atoms with Crippen molar-refractivity contribution in [2.75, 3.05) is 31.5 Å². The van der Waals surface area contributed by atoms with E-state index in [1.807, 2.05) is 55.6 Å². The number of hydrogen-bond donors (Lipinski definition) is 3. The Morgan fingerprint density at radius 3 is 2.53 bits per heavy atom. The number of carbonyl (C=O) groups is 1. The Hall–Kier alpha value is -5.67. The smallest absolute Gasteiger partial charge is 0.307 e. The number of aliphatic carboxylic acids is 1. The van der Waals surface area contributed by atoms with Gasteiger partial charge in [-0.1, -0.05) is 24.3 Å². The number of fused-ring (bicyclic) bond motifs is 2. The van der Waals surface area contributed by atoms with Crippen molar-refractivity contribution in [3.8, 4) is 28.7 Å². The van der Waals surface area contributed by atoms with E-state index >= 15 is 0 Å². The molecule has 3 aromatic heterocycles. The predicted octanol–water partition coefficient (Wildman–Crippen LogP) is 7.20. The van der Waals surface area contributed by atoms with Crippen LogP contribution in [0.3, 0.4) is 0 Å². The van der Waals surface area contributed by atoms with Crippen molar-refractivity contribution in [2.24, 2.45) is 5.92 Å². The summed E-state index contributed by atoms with van der Waals surface area (Å²) >= 11 is 0. The molecule has 0 amide bonds. The third kappa shape index (κ3) is 6.84. The Bertz CT molecular complexity index is 2430. The second kappa shape index (κ2) is 13.7. The number of carboxylic acid groups (broad SMARTS) is 1. The number of nitrogens with zero attached hydrogens (tertiary/aromatic N) is 6. The summed E-state index contributed by atoms with van der Waals surface area (Å²) in [7, 11) is 0. The van der Waals surface area contributed by atoms with E-state index in [0.717, 1.165) is 75.0 Å². The Labute approximate surface area is 307 Å². The number of likely N-dealkylation sites (tertiary alicyclic amines) is 2. The van der Waals surface area contributed by atoms with Crippen LogP contribution in [0.5, 0.6) is 0 Å². The molecule has 0 bridgehead atoms. The first-order chi connectivity index (χ1) is 25.5. The molecule has 2 aliphatic heterocycles. The summed E-state index contributed by atoms with van der Waals surface area (Å²) in [5.41, 5.74) is 9.46. The van der Waals surface area contributed by atoms with Gasteiger partial charge >= 0.3 is 5.97 Å². The monoisotopic (exact) mass is 707 g/mol. The predicted molar refractivity (Wildman–Crippen MR) is 203 cm³/mol. The van der Waals surface area contributed by atoms with Gasteiger partial charge in [0.1, 0.15) is 17.1 Å². The molecule has 0 aliphatic carbocycles. The van der Waals surface area contributed by atoms with Crippen LogP contribution in [0.1, 0.15) is 47.6 Å². The molecule has 2 atom stereocenters. The molecule has 53 heavy (non-hydrogen) atoms. The molecule has 2 fully saturated rings. The Morgan fingerprint density at radius 2 is 1.77 bits per heavy atom. The molecule has 11 heteroatoms. The molecule has 0 spiro atoms. The summed E-state index contributed by atoms with van der Waals surface area (Å²) in [5, 5.41) is 34.4. The fraction of sp³-hybridized carbons (Fsp3) is 0.310. The van der Waals surface area contributed by atoms with Crippen LogP contribution in [-0.2, 0) is 17.9 Å². The number of oxazole rings is 1. The average Bonchev–Trinajstić information content (AvgIpc) is 3.87. The van der Waals surface area contributed by atoms with E-state index in [9.17, 15) is 20.3 Å². The lowest BCUT2D eigenvalue weighted by molar-refractivity contribution is -0.141. The van der Waals surface area contributed by atoms with Gasteiger partial charge in [-0.3, -0.25) is 19.6 Å². The SMILES string of the molecule is Cc1c(Nc2nccc3cc(CN4CC[C@](C)(O)C4)cnc23)cccc1-c1cccc(-c2nc3cc(CN4CC[C@@H](C(=O)O)C4)cc(C#N)c3o2)c1C.